The van der Waals surface area contributed by atoms with Gasteiger partial charge < -0.3 is 15.2 Å². The summed E-state index contributed by atoms with van der Waals surface area (Å²) in [5.41, 5.74) is 5.99. The van der Waals surface area contributed by atoms with Gasteiger partial charge in [-0.1, -0.05) is 32.9 Å². The van der Waals surface area contributed by atoms with E-state index >= 15 is 0 Å². The molecule has 0 aliphatic heterocycles. The van der Waals surface area contributed by atoms with Crippen molar-refractivity contribution < 1.29 is 9.32 Å². The second kappa shape index (κ2) is 9.79. The number of hydrogen-bond acceptors (Lipinski definition) is 5. The lowest BCUT2D eigenvalue weighted by atomic mass is 10.0. The van der Waals surface area contributed by atoms with Crippen LogP contribution in [0.4, 0.5) is 0 Å². The fourth-order valence-corrected chi connectivity index (χ4v) is 1.81. The molecule has 22 heavy (non-hydrogen) atoms. The van der Waals surface area contributed by atoms with E-state index in [-0.39, 0.29) is 30.3 Å². The number of nitrogens with zero attached hydrogens (tertiary/aromatic N) is 3. The van der Waals surface area contributed by atoms with Crippen LogP contribution in [0.15, 0.2) is 4.52 Å². The molecule has 0 fully saturated rings. The zero-order valence-electron chi connectivity index (χ0n) is 14.2. The van der Waals surface area contributed by atoms with Gasteiger partial charge in [-0.2, -0.15) is 4.98 Å². The van der Waals surface area contributed by atoms with Gasteiger partial charge in [0.25, 0.3) is 0 Å². The average molecular weight is 333 g/mol. The third-order valence-corrected chi connectivity index (χ3v) is 3.63. The summed E-state index contributed by atoms with van der Waals surface area (Å²) in [6.07, 6.45) is 1.68. The fraction of sp³-hybridized carbons (Fsp3) is 0.800. The highest BCUT2D eigenvalue weighted by atomic mass is 35.5. The standard InChI is InChI=1S/C15H28N4O2.ClH/c1-10(2)12(16)8-9-19(5)14(20)7-6-13-17-15(11(3)4)18-21-13;/h10-12H,6-9,16H2,1-5H3;1H. The number of halogens is 1. The van der Waals surface area contributed by atoms with Crippen molar-refractivity contribution in [3.05, 3.63) is 11.7 Å². The highest BCUT2D eigenvalue weighted by Gasteiger charge is 2.15. The minimum Gasteiger partial charge on any atom is -0.346 e. The van der Waals surface area contributed by atoms with Crippen molar-refractivity contribution in [1.82, 2.24) is 15.0 Å². The van der Waals surface area contributed by atoms with Gasteiger partial charge in [-0.05, 0) is 12.3 Å². The van der Waals surface area contributed by atoms with Gasteiger partial charge in [0, 0.05) is 38.4 Å². The van der Waals surface area contributed by atoms with Crippen LogP contribution in [0.1, 0.15) is 58.2 Å². The molecule has 0 saturated carbocycles. The van der Waals surface area contributed by atoms with Gasteiger partial charge in [-0.25, -0.2) is 0 Å². The van der Waals surface area contributed by atoms with Crippen LogP contribution in [0.3, 0.4) is 0 Å². The SMILES string of the molecule is CC(C)c1noc(CCC(=O)N(C)CCC(N)C(C)C)n1.Cl. The molecule has 0 spiro atoms. The number of amides is 1. The van der Waals surface area contributed by atoms with E-state index in [2.05, 4.69) is 24.0 Å². The molecule has 0 saturated heterocycles. The molecule has 0 aromatic carbocycles. The second-order valence-electron chi connectivity index (χ2n) is 6.21. The number of nitrogens with two attached hydrogens (primary N) is 1. The van der Waals surface area contributed by atoms with Crippen molar-refractivity contribution in [2.24, 2.45) is 11.7 Å². The molecule has 0 bridgehead atoms. The molecule has 7 heteroatoms. The Hall–Kier alpha value is -1.14. The predicted octanol–water partition coefficient (Wildman–Crippen LogP) is 2.38. The highest BCUT2D eigenvalue weighted by molar-refractivity contribution is 5.85. The Bertz CT molecular complexity index is 449. The summed E-state index contributed by atoms with van der Waals surface area (Å²) in [7, 11) is 1.81. The number of aromatic nitrogens is 2. The molecule has 0 aliphatic carbocycles. The molecule has 2 N–H and O–H groups in total. The lowest BCUT2D eigenvalue weighted by molar-refractivity contribution is -0.130. The van der Waals surface area contributed by atoms with Crippen molar-refractivity contribution in [2.75, 3.05) is 13.6 Å². The summed E-state index contributed by atoms with van der Waals surface area (Å²) in [5.74, 6) is 1.96. The van der Waals surface area contributed by atoms with Gasteiger partial charge in [0.1, 0.15) is 0 Å². The maximum absolute atomic E-state index is 12.0. The quantitative estimate of drug-likeness (QED) is 0.790. The Balaban J connectivity index is 0.00000441. The summed E-state index contributed by atoms with van der Waals surface area (Å²) in [6.45, 7) is 8.87. The molecule has 1 atom stereocenters. The van der Waals surface area contributed by atoms with E-state index < -0.39 is 0 Å². The van der Waals surface area contributed by atoms with Crippen LogP contribution in [0.25, 0.3) is 0 Å². The lowest BCUT2D eigenvalue weighted by Crippen LogP contribution is -2.34. The fourth-order valence-electron chi connectivity index (χ4n) is 1.81. The monoisotopic (exact) mass is 332 g/mol. The number of carbonyl (C=O) groups excluding carboxylic acids is 1. The van der Waals surface area contributed by atoms with Crippen LogP contribution in [-0.4, -0.2) is 40.6 Å². The molecule has 0 radical (unpaired) electrons. The van der Waals surface area contributed by atoms with Crippen LogP contribution in [0, 0.1) is 5.92 Å². The molecule has 1 amide bonds. The van der Waals surface area contributed by atoms with Gasteiger partial charge in [-0.3, -0.25) is 4.79 Å². The van der Waals surface area contributed by atoms with Crippen LogP contribution < -0.4 is 5.73 Å². The minimum atomic E-state index is 0. The maximum atomic E-state index is 12.0. The third kappa shape index (κ3) is 6.75. The van der Waals surface area contributed by atoms with Gasteiger partial charge >= 0.3 is 0 Å². The van der Waals surface area contributed by atoms with Gasteiger partial charge in [-0.15, -0.1) is 12.4 Å². The molecule has 1 aromatic rings. The molecular weight excluding hydrogens is 304 g/mol. The van der Waals surface area contributed by atoms with Crippen molar-refractivity contribution in [2.45, 2.75) is 58.9 Å². The number of hydrogen-bond donors (Lipinski definition) is 1. The van der Waals surface area contributed by atoms with Crippen molar-refractivity contribution >= 4 is 18.3 Å². The summed E-state index contributed by atoms with van der Waals surface area (Å²) in [4.78, 5) is 18.0. The van der Waals surface area contributed by atoms with E-state index in [0.717, 1.165) is 6.42 Å². The normalized spacial score (nSPS) is 12.4. The Morgan fingerprint density at radius 3 is 2.45 bits per heavy atom. The first-order valence-electron chi connectivity index (χ1n) is 7.63. The largest absolute Gasteiger partial charge is 0.346 e. The minimum absolute atomic E-state index is 0. The first-order valence-corrected chi connectivity index (χ1v) is 7.63. The van der Waals surface area contributed by atoms with E-state index in [0.29, 0.717) is 37.0 Å². The molecule has 1 unspecified atom stereocenters. The Labute approximate surface area is 139 Å². The number of rotatable bonds is 8. The molecule has 1 rings (SSSR count). The van der Waals surface area contributed by atoms with Crippen molar-refractivity contribution in [3.8, 4) is 0 Å². The van der Waals surface area contributed by atoms with Crippen molar-refractivity contribution in [3.63, 3.8) is 0 Å². The summed E-state index contributed by atoms with van der Waals surface area (Å²) >= 11 is 0. The average Bonchev–Trinajstić information content (AvgIpc) is 2.90. The maximum Gasteiger partial charge on any atom is 0.227 e. The molecule has 1 aromatic heterocycles. The summed E-state index contributed by atoms with van der Waals surface area (Å²) in [5, 5.41) is 3.89. The lowest BCUT2D eigenvalue weighted by Gasteiger charge is -2.21. The van der Waals surface area contributed by atoms with E-state index in [9.17, 15) is 4.79 Å². The zero-order chi connectivity index (χ0) is 16.0. The van der Waals surface area contributed by atoms with E-state index in [1.807, 2.05) is 20.9 Å². The van der Waals surface area contributed by atoms with Crippen molar-refractivity contribution in [1.29, 1.82) is 0 Å². The molecular formula is C15H29ClN4O2. The summed E-state index contributed by atoms with van der Waals surface area (Å²) < 4.78 is 5.13. The Kier molecular flexibility index (Phi) is 9.28. The number of carbonyl (C=O) groups is 1. The van der Waals surface area contributed by atoms with Crippen LogP contribution in [-0.2, 0) is 11.2 Å². The van der Waals surface area contributed by atoms with Gasteiger partial charge in [0.05, 0.1) is 0 Å². The smallest absolute Gasteiger partial charge is 0.227 e. The van der Waals surface area contributed by atoms with E-state index in [1.54, 1.807) is 4.90 Å². The predicted molar refractivity (Wildman–Crippen MR) is 89.0 cm³/mol. The first-order chi connectivity index (χ1) is 9.81. The van der Waals surface area contributed by atoms with Gasteiger partial charge in [0.2, 0.25) is 11.8 Å². The topological polar surface area (TPSA) is 85.2 Å². The molecule has 6 nitrogen and oxygen atoms in total. The van der Waals surface area contributed by atoms with E-state index in [1.165, 1.54) is 0 Å². The van der Waals surface area contributed by atoms with Crippen LogP contribution in [0.2, 0.25) is 0 Å². The van der Waals surface area contributed by atoms with Crippen LogP contribution >= 0.6 is 12.4 Å². The van der Waals surface area contributed by atoms with Crippen LogP contribution in [0.5, 0.6) is 0 Å². The molecule has 0 aliphatic rings. The first kappa shape index (κ1) is 20.9. The zero-order valence-corrected chi connectivity index (χ0v) is 15.0. The third-order valence-electron chi connectivity index (χ3n) is 3.63. The molecule has 1 heterocycles. The Morgan fingerprint density at radius 2 is 1.95 bits per heavy atom. The van der Waals surface area contributed by atoms with Gasteiger partial charge in [0.15, 0.2) is 5.82 Å². The van der Waals surface area contributed by atoms with E-state index in [4.69, 9.17) is 10.3 Å². The summed E-state index contributed by atoms with van der Waals surface area (Å²) in [6, 6.07) is 0.129. The Morgan fingerprint density at radius 1 is 1.32 bits per heavy atom. The number of aryl methyl sites for hydroxylation is 1. The highest BCUT2D eigenvalue weighted by Crippen LogP contribution is 2.11. The second-order valence-corrected chi connectivity index (χ2v) is 6.21. The molecule has 128 valence electrons.